The fourth-order valence-corrected chi connectivity index (χ4v) is 1.01. The highest BCUT2D eigenvalue weighted by atomic mass is 16.5. The molecular formula is C8H11N3O3. The van der Waals surface area contributed by atoms with Crippen LogP contribution in [0, 0.1) is 0 Å². The zero-order valence-corrected chi connectivity index (χ0v) is 7.98. The molecule has 0 aliphatic carbocycles. The summed E-state index contributed by atoms with van der Waals surface area (Å²) in [6, 6.07) is 0. The van der Waals surface area contributed by atoms with Crippen LogP contribution in [0.25, 0.3) is 0 Å². The van der Waals surface area contributed by atoms with Crippen molar-refractivity contribution in [2.75, 3.05) is 11.9 Å². The second kappa shape index (κ2) is 4.40. The second-order valence-corrected chi connectivity index (χ2v) is 2.55. The maximum atomic E-state index is 11.3. The van der Waals surface area contributed by atoms with Crippen molar-refractivity contribution in [1.82, 2.24) is 9.78 Å². The molecular weight excluding hydrogens is 186 g/mol. The van der Waals surface area contributed by atoms with Gasteiger partial charge >= 0.3 is 5.97 Å². The zero-order chi connectivity index (χ0) is 10.6. The van der Waals surface area contributed by atoms with E-state index in [2.05, 4.69) is 10.4 Å². The molecule has 14 heavy (non-hydrogen) atoms. The number of aromatic nitrogens is 2. The number of carbonyl (C=O) groups excluding carboxylic acids is 2. The second-order valence-electron chi connectivity index (χ2n) is 2.55. The SMILES string of the molecule is CCOC(=O)c1cn(C)nc1NC=O. The van der Waals surface area contributed by atoms with Crippen LogP contribution in [0.1, 0.15) is 17.3 Å². The van der Waals surface area contributed by atoms with Gasteiger partial charge in [0.25, 0.3) is 0 Å². The monoisotopic (exact) mass is 197 g/mol. The van der Waals surface area contributed by atoms with E-state index in [9.17, 15) is 9.59 Å². The molecule has 0 spiro atoms. The van der Waals surface area contributed by atoms with Crippen LogP contribution in [0.3, 0.4) is 0 Å². The molecule has 76 valence electrons. The Hall–Kier alpha value is -1.85. The van der Waals surface area contributed by atoms with Gasteiger partial charge in [-0.15, -0.1) is 0 Å². The molecule has 0 fully saturated rings. The van der Waals surface area contributed by atoms with Crippen molar-refractivity contribution < 1.29 is 14.3 Å². The maximum absolute atomic E-state index is 11.3. The average molecular weight is 197 g/mol. The van der Waals surface area contributed by atoms with Gasteiger partial charge in [-0.3, -0.25) is 9.48 Å². The van der Waals surface area contributed by atoms with Gasteiger partial charge in [-0.1, -0.05) is 0 Å². The number of esters is 1. The van der Waals surface area contributed by atoms with E-state index in [1.54, 1.807) is 14.0 Å². The summed E-state index contributed by atoms with van der Waals surface area (Å²) in [5.41, 5.74) is 0.251. The molecule has 1 N–H and O–H groups in total. The average Bonchev–Trinajstić information content (AvgIpc) is 2.48. The van der Waals surface area contributed by atoms with Crippen LogP contribution >= 0.6 is 0 Å². The Morgan fingerprint density at radius 2 is 2.50 bits per heavy atom. The number of amides is 1. The first kappa shape index (κ1) is 10.2. The number of aryl methyl sites for hydroxylation is 1. The molecule has 0 saturated carbocycles. The molecule has 0 atom stereocenters. The zero-order valence-electron chi connectivity index (χ0n) is 7.98. The summed E-state index contributed by atoms with van der Waals surface area (Å²) in [7, 11) is 1.65. The lowest BCUT2D eigenvalue weighted by molar-refractivity contribution is -0.105. The summed E-state index contributed by atoms with van der Waals surface area (Å²) in [4.78, 5) is 21.5. The van der Waals surface area contributed by atoms with E-state index in [1.165, 1.54) is 10.9 Å². The molecule has 0 radical (unpaired) electrons. The molecule has 1 rings (SSSR count). The van der Waals surface area contributed by atoms with Crippen LogP contribution in [0.5, 0.6) is 0 Å². The molecule has 0 saturated heterocycles. The Kier molecular flexibility index (Phi) is 3.22. The van der Waals surface area contributed by atoms with Gasteiger partial charge in [-0.2, -0.15) is 5.10 Å². The predicted molar refractivity (Wildman–Crippen MR) is 48.9 cm³/mol. The third-order valence-electron chi connectivity index (χ3n) is 1.52. The number of nitrogens with one attached hydrogen (secondary N) is 1. The lowest BCUT2D eigenvalue weighted by atomic mass is 10.3. The molecule has 0 unspecified atom stereocenters. The van der Waals surface area contributed by atoms with Gasteiger partial charge in [0.2, 0.25) is 6.41 Å². The molecule has 0 aliphatic heterocycles. The van der Waals surface area contributed by atoms with Crippen LogP contribution in [0.2, 0.25) is 0 Å². The molecule has 0 aliphatic rings. The fourth-order valence-electron chi connectivity index (χ4n) is 1.01. The first-order valence-corrected chi connectivity index (χ1v) is 4.10. The van der Waals surface area contributed by atoms with Gasteiger partial charge in [0.05, 0.1) is 6.61 Å². The van der Waals surface area contributed by atoms with Crippen LogP contribution in [-0.2, 0) is 16.6 Å². The quantitative estimate of drug-likeness (QED) is 0.551. The van der Waals surface area contributed by atoms with E-state index in [1.807, 2.05) is 0 Å². The molecule has 1 aromatic rings. The summed E-state index contributed by atoms with van der Waals surface area (Å²) in [5.74, 6) is -0.286. The lowest BCUT2D eigenvalue weighted by Crippen LogP contribution is -2.07. The van der Waals surface area contributed by atoms with Gasteiger partial charge in [0.1, 0.15) is 5.56 Å². The van der Waals surface area contributed by atoms with Crippen molar-refractivity contribution in [3.63, 3.8) is 0 Å². The normalized spacial score (nSPS) is 9.57. The van der Waals surface area contributed by atoms with Crippen LogP contribution in [0.4, 0.5) is 5.82 Å². The molecule has 6 heteroatoms. The van der Waals surface area contributed by atoms with E-state index in [0.717, 1.165) is 0 Å². The van der Waals surface area contributed by atoms with Gasteiger partial charge in [0.15, 0.2) is 5.82 Å². The largest absolute Gasteiger partial charge is 0.462 e. The number of rotatable bonds is 4. The number of anilines is 1. The standard InChI is InChI=1S/C8H11N3O3/c1-3-14-8(13)6-4-11(2)10-7(6)9-5-12/h4-5H,3H2,1-2H3,(H,9,10,12). The summed E-state index contributed by atoms with van der Waals surface area (Å²) >= 11 is 0. The predicted octanol–water partition coefficient (Wildman–Crippen LogP) is 0.165. The summed E-state index contributed by atoms with van der Waals surface area (Å²) in [6.45, 7) is 2.00. The Morgan fingerprint density at radius 1 is 1.79 bits per heavy atom. The first-order chi connectivity index (χ1) is 6.69. The minimum Gasteiger partial charge on any atom is -0.462 e. The van der Waals surface area contributed by atoms with Crippen LogP contribution in [0.15, 0.2) is 6.20 Å². The highest BCUT2D eigenvalue weighted by Crippen LogP contribution is 2.12. The maximum Gasteiger partial charge on any atom is 0.343 e. The van der Waals surface area contributed by atoms with Crippen molar-refractivity contribution in [1.29, 1.82) is 0 Å². The summed E-state index contributed by atoms with van der Waals surface area (Å²) in [5, 5.41) is 6.20. The molecule has 0 bridgehead atoms. The number of carbonyl (C=O) groups is 2. The van der Waals surface area contributed by atoms with Crippen molar-refractivity contribution in [3.05, 3.63) is 11.8 Å². The number of nitrogens with zero attached hydrogens (tertiary/aromatic N) is 2. The van der Waals surface area contributed by atoms with Crippen molar-refractivity contribution in [2.24, 2.45) is 7.05 Å². The van der Waals surface area contributed by atoms with E-state index < -0.39 is 5.97 Å². The number of hydrogen-bond acceptors (Lipinski definition) is 4. The topological polar surface area (TPSA) is 73.2 Å². The minimum absolute atomic E-state index is 0.209. The first-order valence-electron chi connectivity index (χ1n) is 4.10. The summed E-state index contributed by atoms with van der Waals surface area (Å²) < 4.78 is 6.21. The van der Waals surface area contributed by atoms with E-state index >= 15 is 0 Å². The lowest BCUT2D eigenvalue weighted by Gasteiger charge is -1.99. The third kappa shape index (κ3) is 2.09. The van der Waals surface area contributed by atoms with Crippen molar-refractivity contribution >= 4 is 18.2 Å². The van der Waals surface area contributed by atoms with Crippen molar-refractivity contribution in [3.8, 4) is 0 Å². The van der Waals surface area contributed by atoms with E-state index in [4.69, 9.17) is 4.74 Å². The molecule has 1 heterocycles. The van der Waals surface area contributed by atoms with Gasteiger partial charge in [-0.05, 0) is 6.92 Å². The van der Waals surface area contributed by atoms with Crippen molar-refractivity contribution in [2.45, 2.75) is 6.92 Å². The van der Waals surface area contributed by atoms with Crippen LogP contribution in [-0.4, -0.2) is 28.8 Å². The molecule has 1 amide bonds. The Labute approximate surface area is 80.8 Å². The molecule has 6 nitrogen and oxygen atoms in total. The number of hydrogen-bond donors (Lipinski definition) is 1. The Bertz CT molecular complexity index is 346. The highest BCUT2D eigenvalue weighted by molar-refractivity contribution is 5.96. The van der Waals surface area contributed by atoms with E-state index in [-0.39, 0.29) is 18.0 Å². The fraction of sp³-hybridized carbons (Fsp3) is 0.375. The molecule has 0 aromatic carbocycles. The van der Waals surface area contributed by atoms with Gasteiger partial charge in [-0.25, -0.2) is 4.79 Å². The number of ether oxygens (including phenoxy) is 1. The smallest absolute Gasteiger partial charge is 0.343 e. The van der Waals surface area contributed by atoms with Gasteiger partial charge < -0.3 is 10.1 Å². The Morgan fingerprint density at radius 3 is 3.07 bits per heavy atom. The molecule has 1 aromatic heterocycles. The minimum atomic E-state index is -0.495. The Balaban J connectivity index is 2.93. The summed E-state index contributed by atoms with van der Waals surface area (Å²) in [6.07, 6.45) is 1.95. The highest BCUT2D eigenvalue weighted by Gasteiger charge is 2.15. The van der Waals surface area contributed by atoms with E-state index in [0.29, 0.717) is 6.41 Å². The van der Waals surface area contributed by atoms with Gasteiger partial charge in [0, 0.05) is 13.2 Å². The van der Waals surface area contributed by atoms with Crippen LogP contribution < -0.4 is 5.32 Å². The third-order valence-corrected chi connectivity index (χ3v) is 1.52.